The fourth-order valence-electron chi connectivity index (χ4n) is 3.13. The van der Waals surface area contributed by atoms with Crippen LogP contribution < -0.4 is 5.32 Å². The number of aliphatic hydroxyl groups excluding tert-OH is 1. The number of piperidine rings is 1. The molecule has 2 N–H and O–H groups in total. The van der Waals surface area contributed by atoms with E-state index in [0.717, 1.165) is 42.9 Å². The minimum absolute atomic E-state index is 0.234. The van der Waals surface area contributed by atoms with Crippen molar-refractivity contribution < 1.29 is 5.11 Å². The Balaban J connectivity index is 1.55. The first-order valence-electron chi connectivity index (χ1n) is 8.06. The molecule has 1 aromatic carbocycles. The average Bonchev–Trinajstić information content (AvgIpc) is 2.54. The molecular formula is C17H24N4O. The Morgan fingerprint density at radius 1 is 1.27 bits per heavy atom. The Bertz CT molecular complexity index is 603. The van der Waals surface area contributed by atoms with Gasteiger partial charge >= 0.3 is 0 Å². The summed E-state index contributed by atoms with van der Waals surface area (Å²) >= 11 is 0. The lowest BCUT2D eigenvalue weighted by Gasteiger charge is -2.32. The van der Waals surface area contributed by atoms with Gasteiger partial charge in [0.05, 0.1) is 11.6 Å². The van der Waals surface area contributed by atoms with E-state index in [0.29, 0.717) is 5.92 Å². The van der Waals surface area contributed by atoms with Gasteiger partial charge in [0.15, 0.2) is 0 Å². The molecule has 118 valence electrons. The van der Waals surface area contributed by atoms with Crippen molar-refractivity contribution in [3.8, 4) is 0 Å². The van der Waals surface area contributed by atoms with Gasteiger partial charge in [-0.15, -0.1) is 0 Å². The second kappa shape index (κ2) is 7.03. The quantitative estimate of drug-likeness (QED) is 0.886. The van der Waals surface area contributed by atoms with Gasteiger partial charge in [-0.1, -0.05) is 12.1 Å². The number of likely N-dealkylation sites (tertiary alicyclic amines) is 1. The SMILES string of the molecule is C[C@@H](O)CN1CCC(CNc2ncnc3ccccc23)CC1. The molecule has 5 heteroatoms. The van der Waals surface area contributed by atoms with E-state index in [-0.39, 0.29) is 6.10 Å². The number of hydrogen-bond donors (Lipinski definition) is 2. The predicted molar refractivity (Wildman–Crippen MR) is 88.9 cm³/mol. The van der Waals surface area contributed by atoms with Crippen LogP contribution in [0.3, 0.4) is 0 Å². The van der Waals surface area contributed by atoms with Crippen LogP contribution in [0.5, 0.6) is 0 Å². The minimum Gasteiger partial charge on any atom is -0.392 e. The molecule has 2 aromatic rings. The highest BCUT2D eigenvalue weighted by Crippen LogP contribution is 2.21. The molecule has 0 spiro atoms. The van der Waals surface area contributed by atoms with E-state index in [1.165, 1.54) is 12.8 Å². The van der Waals surface area contributed by atoms with Crippen LogP contribution in [0.4, 0.5) is 5.82 Å². The Morgan fingerprint density at radius 2 is 2.05 bits per heavy atom. The number of para-hydroxylation sites is 1. The zero-order chi connectivity index (χ0) is 15.4. The van der Waals surface area contributed by atoms with Crippen LogP contribution in [0.2, 0.25) is 0 Å². The van der Waals surface area contributed by atoms with Gasteiger partial charge in [-0.3, -0.25) is 0 Å². The maximum atomic E-state index is 9.45. The van der Waals surface area contributed by atoms with Crippen molar-refractivity contribution in [2.75, 3.05) is 31.5 Å². The van der Waals surface area contributed by atoms with E-state index in [1.54, 1.807) is 6.33 Å². The van der Waals surface area contributed by atoms with Gasteiger partial charge in [-0.25, -0.2) is 9.97 Å². The molecule has 1 aliphatic rings. The molecular weight excluding hydrogens is 276 g/mol. The monoisotopic (exact) mass is 300 g/mol. The number of aliphatic hydroxyl groups is 1. The number of nitrogens with one attached hydrogen (secondary N) is 1. The largest absolute Gasteiger partial charge is 0.392 e. The van der Waals surface area contributed by atoms with Crippen molar-refractivity contribution in [2.45, 2.75) is 25.9 Å². The summed E-state index contributed by atoms with van der Waals surface area (Å²) in [5.41, 5.74) is 0.978. The number of rotatable bonds is 5. The van der Waals surface area contributed by atoms with E-state index in [4.69, 9.17) is 0 Å². The van der Waals surface area contributed by atoms with Crippen molar-refractivity contribution in [1.82, 2.24) is 14.9 Å². The highest BCUT2D eigenvalue weighted by Gasteiger charge is 2.20. The number of β-amino-alcohol motifs (C(OH)–C–C–N with tert-alkyl or cyclic N) is 1. The third kappa shape index (κ3) is 3.72. The number of benzene rings is 1. The molecule has 1 aromatic heterocycles. The summed E-state index contributed by atoms with van der Waals surface area (Å²) in [4.78, 5) is 11.0. The van der Waals surface area contributed by atoms with Gasteiger partial charge in [0.1, 0.15) is 12.1 Å². The molecule has 0 radical (unpaired) electrons. The highest BCUT2D eigenvalue weighted by atomic mass is 16.3. The summed E-state index contributed by atoms with van der Waals surface area (Å²) in [6.07, 6.45) is 3.73. The first kappa shape index (κ1) is 15.2. The fourth-order valence-corrected chi connectivity index (χ4v) is 3.13. The van der Waals surface area contributed by atoms with Gasteiger partial charge in [-0.2, -0.15) is 0 Å². The molecule has 1 aliphatic heterocycles. The van der Waals surface area contributed by atoms with Crippen LogP contribution in [-0.4, -0.2) is 52.3 Å². The molecule has 0 amide bonds. The van der Waals surface area contributed by atoms with Crippen LogP contribution in [0.15, 0.2) is 30.6 Å². The summed E-state index contributed by atoms with van der Waals surface area (Å²) < 4.78 is 0. The van der Waals surface area contributed by atoms with Gasteiger partial charge in [0.25, 0.3) is 0 Å². The number of anilines is 1. The van der Waals surface area contributed by atoms with Crippen LogP contribution in [0.1, 0.15) is 19.8 Å². The lowest BCUT2D eigenvalue weighted by atomic mass is 9.96. The molecule has 0 bridgehead atoms. The Kier molecular flexibility index (Phi) is 4.85. The number of aromatic nitrogens is 2. The van der Waals surface area contributed by atoms with Crippen LogP contribution in [-0.2, 0) is 0 Å². The maximum absolute atomic E-state index is 9.45. The zero-order valence-corrected chi connectivity index (χ0v) is 13.1. The van der Waals surface area contributed by atoms with E-state index < -0.39 is 0 Å². The van der Waals surface area contributed by atoms with Crippen molar-refractivity contribution in [2.24, 2.45) is 5.92 Å². The second-order valence-electron chi connectivity index (χ2n) is 6.21. The first-order valence-corrected chi connectivity index (χ1v) is 8.06. The molecule has 5 nitrogen and oxygen atoms in total. The van der Waals surface area contributed by atoms with Crippen molar-refractivity contribution >= 4 is 16.7 Å². The zero-order valence-electron chi connectivity index (χ0n) is 13.1. The molecule has 0 unspecified atom stereocenters. The van der Waals surface area contributed by atoms with Gasteiger partial charge in [-0.05, 0) is 50.9 Å². The summed E-state index contributed by atoms with van der Waals surface area (Å²) in [7, 11) is 0. The Morgan fingerprint density at radius 3 is 2.82 bits per heavy atom. The topological polar surface area (TPSA) is 61.3 Å². The van der Waals surface area contributed by atoms with E-state index in [2.05, 4.69) is 26.3 Å². The number of hydrogen-bond acceptors (Lipinski definition) is 5. The number of fused-ring (bicyclic) bond motifs is 1. The van der Waals surface area contributed by atoms with E-state index in [1.807, 2.05) is 25.1 Å². The number of nitrogens with zero attached hydrogens (tertiary/aromatic N) is 3. The van der Waals surface area contributed by atoms with Gasteiger partial charge in [0, 0.05) is 18.5 Å². The molecule has 2 heterocycles. The molecule has 1 atom stereocenters. The predicted octanol–water partition coefficient (Wildman–Crippen LogP) is 2.13. The third-order valence-electron chi connectivity index (χ3n) is 4.33. The smallest absolute Gasteiger partial charge is 0.137 e. The van der Waals surface area contributed by atoms with E-state index in [9.17, 15) is 5.11 Å². The van der Waals surface area contributed by atoms with Gasteiger partial charge in [0.2, 0.25) is 0 Å². The van der Waals surface area contributed by atoms with Gasteiger partial charge < -0.3 is 15.3 Å². The Labute approximate surface area is 131 Å². The van der Waals surface area contributed by atoms with Crippen molar-refractivity contribution in [1.29, 1.82) is 0 Å². The normalized spacial score (nSPS) is 18.5. The first-order chi connectivity index (χ1) is 10.7. The molecule has 1 fully saturated rings. The average molecular weight is 300 g/mol. The summed E-state index contributed by atoms with van der Waals surface area (Å²) in [6.45, 7) is 5.73. The standard InChI is InChI=1S/C17H24N4O/c1-13(22)11-21-8-6-14(7-9-21)10-18-17-15-4-2-3-5-16(15)19-12-20-17/h2-5,12-14,22H,6-11H2,1H3,(H,18,19,20)/t13-/m1/s1. The highest BCUT2D eigenvalue weighted by molar-refractivity contribution is 5.88. The molecule has 1 saturated heterocycles. The fraction of sp³-hybridized carbons (Fsp3) is 0.529. The molecule has 0 aliphatic carbocycles. The molecule has 22 heavy (non-hydrogen) atoms. The minimum atomic E-state index is -0.234. The second-order valence-corrected chi connectivity index (χ2v) is 6.21. The third-order valence-corrected chi connectivity index (χ3v) is 4.33. The maximum Gasteiger partial charge on any atom is 0.137 e. The molecule has 0 saturated carbocycles. The molecule has 3 rings (SSSR count). The van der Waals surface area contributed by atoms with Crippen LogP contribution >= 0.6 is 0 Å². The van der Waals surface area contributed by atoms with Crippen molar-refractivity contribution in [3.63, 3.8) is 0 Å². The lowest BCUT2D eigenvalue weighted by Crippen LogP contribution is -2.39. The van der Waals surface area contributed by atoms with E-state index >= 15 is 0 Å². The lowest BCUT2D eigenvalue weighted by molar-refractivity contribution is 0.102. The summed E-state index contributed by atoms with van der Waals surface area (Å²) in [5.74, 6) is 1.59. The van der Waals surface area contributed by atoms with Crippen LogP contribution in [0, 0.1) is 5.92 Å². The van der Waals surface area contributed by atoms with Crippen LogP contribution in [0.25, 0.3) is 10.9 Å². The summed E-state index contributed by atoms with van der Waals surface area (Å²) in [5, 5.41) is 14.0. The van der Waals surface area contributed by atoms with Crippen molar-refractivity contribution in [3.05, 3.63) is 30.6 Å². The summed E-state index contributed by atoms with van der Waals surface area (Å²) in [6, 6.07) is 8.09. The Hall–Kier alpha value is -1.72.